The Labute approximate surface area is 81.2 Å². The van der Waals surface area contributed by atoms with Crippen LogP contribution in [0.4, 0.5) is 0 Å². The highest BCUT2D eigenvalue weighted by Gasteiger charge is 2.44. The number of sulfonamides is 1. The normalized spacial score (nSPS) is 23.2. The lowest BCUT2D eigenvalue weighted by atomic mass is 9.82. The Morgan fingerprint density at radius 3 is 2.15 bits per heavy atom. The number of hydrogen-bond acceptors (Lipinski definition) is 2. The van der Waals surface area contributed by atoms with E-state index in [0.717, 1.165) is 6.42 Å². The second kappa shape index (κ2) is 3.24. The van der Waals surface area contributed by atoms with Gasteiger partial charge in [-0.2, -0.15) is 0 Å². The lowest BCUT2D eigenvalue weighted by Crippen LogP contribution is -2.57. The minimum atomic E-state index is -2.99. The van der Waals surface area contributed by atoms with Gasteiger partial charge in [-0.1, -0.05) is 13.8 Å². The first-order valence-electron chi connectivity index (χ1n) is 4.81. The van der Waals surface area contributed by atoms with Crippen molar-refractivity contribution in [2.75, 3.05) is 13.1 Å². The van der Waals surface area contributed by atoms with E-state index < -0.39 is 10.0 Å². The van der Waals surface area contributed by atoms with Gasteiger partial charge in [-0.05, 0) is 25.7 Å². The van der Waals surface area contributed by atoms with Crippen molar-refractivity contribution in [3.05, 3.63) is 0 Å². The van der Waals surface area contributed by atoms with Crippen LogP contribution in [0.15, 0.2) is 0 Å². The van der Waals surface area contributed by atoms with Crippen molar-refractivity contribution in [2.24, 2.45) is 5.41 Å². The molecule has 1 aliphatic heterocycles. The third-order valence-electron chi connectivity index (χ3n) is 2.93. The van der Waals surface area contributed by atoms with Gasteiger partial charge in [0.1, 0.15) is 0 Å². The molecular formula is C9H19NO2S. The number of rotatable bonds is 3. The van der Waals surface area contributed by atoms with Crippen molar-refractivity contribution in [1.29, 1.82) is 0 Å². The van der Waals surface area contributed by atoms with Crippen molar-refractivity contribution in [3.63, 3.8) is 0 Å². The zero-order chi connectivity index (χ0) is 10.3. The third kappa shape index (κ3) is 1.89. The monoisotopic (exact) mass is 205 g/mol. The van der Waals surface area contributed by atoms with Crippen LogP contribution in [-0.2, 0) is 10.0 Å². The fourth-order valence-corrected chi connectivity index (χ4v) is 3.09. The van der Waals surface area contributed by atoms with Crippen LogP contribution in [0.5, 0.6) is 0 Å². The van der Waals surface area contributed by atoms with E-state index in [0.29, 0.717) is 13.1 Å². The van der Waals surface area contributed by atoms with Gasteiger partial charge in [-0.25, -0.2) is 12.7 Å². The van der Waals surface area contributed by atoms with Crippen molar-refractivity contribution >= 4 is 10.0 Å². The molecule has 13 heavy (non-hydrogen) atoms. The summed E-state index contributed by atoms with van der Waals surface area (Å²) in [4.78, 5) is 0. The predicted octanol–water partition coefficient (Wildman–Crippen LogP) is 1.46. The van der Waals surface area contributed by atoms with Crippen molar-refractivity contribution in [2.45, 2.75) is 39.4 Å². The van der Waals surface area contributed by atoms with Crippen molar-refractivity contribution in [1.82, 2.24) is 4.31 Å². The summed E-state index contributed by atoms with van der Waals surface area (Å²) in [6.07, 6.45) is 1.05. The first-order chi connectivity index (χ1) is 5.82. The Kier molecular flexibility index (Phi) is 2.74. The summed E-state index contributed by atoms with van der Waals surface area (Å²) in [5.74, 6) is 0. The summed E-state index contributed by atoms with van der Waals surface area (Å²) < 4.78 is 24.9. The van der Waals surface area contributed by atoms with E-state index in [1.165, 1.54) is 0 Å². The van der Waals surface area contributed by atoms with Crippen LogP contribution in [0.2, 0.25) is 0 Å². The molecule has 1 heterocycles. The molecule has 1 rings (SSSR count). The molecule has 3 nitrogen and oxygen atoms in total. The Balaban J connectivity index is 2.63. The van der Waals surface area contributed by atoms with E-state index in [2.05, 4.69) is 13.8 Å². The third-order valence-corrected chi connectivity index (χ3v) is 5.09. The molecule has 0 saturated carbocycles. The standard InChI is InChI=1S/C9H19NO2S/c1-5-9(4)6-10(7-9)13(11,12)8(2)3/h8H,5-7H2,1-4H3. The van der Waals surface area contributed by atoms with Gasteiger partial charge in [0.2, 0.25) is 10.0 Å². The van der Waals surface area contributed by atoms with Gasteiger partial charge >= 0.3 is 0 Å². The molecule has 1 aliphatic rings. The quantitative estimate of drug-likeness (QED) is 0.699. The van der Waals surface area contributed by atoms with Gasteiger partial charge in [0.15, 0.2) is 0 Å². The first-order valence-corrected chi connectivity index (χ1v) is 6.31. The molecular weight excluding hydrogens is 186 g/mol. The molecule has 0 aromatic heterocycles. The molecule has 78 valence electrons. The zero-order valence-corrected chi connectivity index (χ0v) is 9.69. The molecule has 0 spiro atoms. The summed E-state index contributed by atoms with van der Waals surface area (Å²) in [6.45, 7) is 9.11. The maximum absolute atomic E-state index is 11.6. The van der Waals surface area contributed by atoms with Crippen LogP contribution < -0.4 is 0 Å². The van der Waals surface area contributed by atoms with Crippen LogP contribution >= 0.6 is 0 Å². The minimum Gasteiger partial charge on any atom is -0.212 e. The Hall–Kier alpha value is -0.0900. The van der Waals surface area contributed by atoms with E-state index >= 15 is 0 Å². The maximum Gasteiger partial charge on any atom is 0.216 e. The first kappa shape index (κ1) is 11.0. The van der Waals surface area contributed by atoms with Gasteiger partial charge in [0.05, 0.1) is 5.25 Å². The van der Waals surface area contributed by atoms with E-state index in [9.17, 15) is 8.42 Å². The number of nitrogens with zero attached hydrogens (tertiary/aromatic N) is 1. The van der Waals surface area contributed by atoms with Gasteiger partial charge in [-0.3, -0.25) is 0 Å². The molecule has 0 aliphatic carbocycles. The largest absolute Gasteiger partial charge is 0.216 e. The summed E-state index contributed by atoms with van der Waals surface area (Å²) in [5, 5.41) is -0.283. The summed E-state index contributed by atoms with van der Waals surface area (Å²) in [7, 11) is -2.99. The lowest BCUT2D eigenvalue weighted by molar-refractivity contribution is 0.0853. The molecule has 1 saturated heterocycles. The van der Waals surface area contributed by atoms with Gasteiger partial charge in [0, 0.05) is 13.1 Å². The minimum absolute atomic E-state index is 0.224. The SMILES string of the molecule is CCC1(C)CN(S(=O)(=O)C(C)C)C1. The Morgan fingerprint density at radius 1 is 1.38 bits per heavy atom. The zero-order valence-electron chi connectivity index (χ0n) is 8.87. The Bertz CT molecular complexity index is 276. The molecule has 0 aromatic rings. The van der Waals surface area contributed by atoms with E-state index in [1.807, 2.05) is 0 Å². The van der Waals surface area contributed by atoms with Crippen molar-refractivity contribution < 1.29 is 8.42 Å². The molecule has 0 unspecified atom stereocenters. The fraction of sp³-hybridized carbons (Fsp3) is 1.00. The van der Waals surface area contributed by atoms with Crippen LogP contribution in [0.1, 0.15) is 34.1 Å². The molecule has 0 atom stereocenters. The highest BCUT2D eigenvalue weighted by Crippen LogP contribution is 2.35. The van der Waals surface area contributed by atoms with Crippen LogP contribution in [-0.4, -0.2) is 31.1 Å². The van der Waals surface area contributed by atoms with Crippen LogP contribution in [0.25, 0.3) is 0 Å². The average Bonchev–Trinajstić information content (AvgIpc) is 1.98. The summed E-state index contributed by atoms with van der Waals surface area (Å²) >= 11 is 0. The highest BCUT2D eigenvalue weighted by molar-refractivity contribution is 7.89. The van der Waals surface area contributed by atoms with E-state index in [4.69, 9.17) is 0 Å². The molecule has 0 N–H and O–H groups in total. The number of hydrogen-bond donors (Lipinski definition) is 0. The summed E-state index contributed by atoms with van der Waals surface area (Å²) in [5.41, 5.74) is 0.224. The van der Waals surface area contributed by atoms with Crippen molar-refractivity contribution in [3.8, 4) is 0 Å². The average molecular weight is 205 g/mol. The molecule has 4 heteroatoms. The fourth-order valence-electron chi connectivity index (χ4n) is 1.51. The maximum atomic E-state index is 11.6. The Morgan fingerprint density at radius 2 is 1.85 bits per heavy atom. The van der Waals surface area contributed by atoms with E-state index in [-0.39, 0.29) is 10.7 Å². The summed E-state index contributed by atoms with van der Waals surface area (Å²) in [6, 6.07) is 0. The molecule has 0 aromatic carbocycles. The second-order valence-corrected chi connectivity index (χ2v) is 7.02. The van der Waals surface area contributed by atoms with Crippen LogP contribution in [0, 0.1) is 5.41 Å². The van der Waals surface area contributed by atoms with Gasteiger partial charge < -0.3 is 0 Å². The van der Waals surface area contributed by atoms with E-state index in [1.54, 1.807) is 18.2 Å². The topological polar surface area (TPSA) is 37.4 Å². The molecule has 0 radical (unpaired) electrons. The van der Waals surface area contributed by atoms with Crippen LogP contribution in [0.3, 0.4) is 0 Å². The molecule has 0 bridgehead atoms. The lowest BCUT2D eigenvalue weighted by Gasteiger charge is -2.47. The molecule has 0 amide bonds. The highest BCUT2D eigenvalue weighted by atomic mass is 32.2. The predicted molar refractivity (Wildman–Crippen MR) is 54.0 cm³/mol. The smallest absolute Gasteiger partial charge is 0.212 e. The van der Waals surface area contributed by atoms with Gasteiger partial charge in [0.25, 0.3) is 0 Å². The second-order valence-electron chi connectivity index (χ2n) is 4.53. The molecule has 1 fully saturated rings. The van der Waals surface area contributed by atoms with Gasteiger partial charge in [-0.15, -0.1) is 0 Å².